The van der Waals surface area contributed by atoms with Gasteiger partial charge >= 0.3 is 5.97 Å². The van der Waals surface area contributed by atoms with Crippen molar-refractivity contribution in [3.8, 4) is 0 Å². The molecule has 2 N–H and O–H groups in total. The van der Waals surface area contributed by atoms with Crippen LogP contribution in [0.15, 0.2) is 11.3 Å². The van der Waals surface area contributed by atoms with Crippen molar-refractivity contribution in [2.75, 3.05) is 20.6 Å². The van der Waals surface area contributed by atoms with Crippen LogP contribution in [0.4, 0.5) is 0 Å². The highest BCUT2D eigenvalue weighted by Gasteiger charge is 2.58. The van der Waals surface area contributed by atoms with Gasteiger partial charge in [0.1, 0.15) is 18.3 Å². The maximum Gasteiger partial charge on any atom is 0.352 e. The smallest absolute Gasteiger partial charge is 0.352 e. The Morgan fingerprint density at radius 3 is 2.62 bits per heavy atom. The number of quaternary nitrogens is 1. The Morgan fingerprint density at radius 1 is 1.48 bits per heavy atom. The fourth-order valence-electron chi connectivity index (χ4n) is 3.71. The molecule has 0 radical (unpaired) electrons. The lowest BCUT2D eigenvalue weighted by molar-refractivity contribution is -1.06. The first-order valence-corrected chi connectivity index (χ1v) is 7.22. The number of carboxylic acids is 1. The van der Waals surface area contributed by atoms with E-state index in [1.165, 1.54) is 4.90 Å². The van der Waals surface area contributed by atoms with E-state index in [4.69, 9.17) is 4.84 Å². The Balaban J connectivity index is 1.90. The molecule has 7 nitrogen and oxygen atoms in total. The third-order valence-electron chi connectivity index (χ3n) is 4.70. The Kier molecular flexibility index (Phi) is 3.12. The van der Waals surface area contributed by atoms with Crippen molar-refractivity contribution >= 4 is 11.9 Å². The van der Waals surface area contributed by atoms with Gasteiger partial charge < -0.3 is 15.1 Å². The number of aliphatic carboxylic acids is 1. The summed E-state index contributed by atoms with van der Waals surface area (Å²) in [4.78, 5) is 30.9. The molecule has 0 bridgehead atoms. The summed E-state index contributed by atoms with van der Waals surface area (Å²) >= 11 is 0. The summed E-state index contributed by atoms with van der Waals surface area (Å²) in [6.07, 6.45) is 0.199. The van der Waals surface area contributed by atoms with Crippen LogP contribution in [0.3, 0.4) is 0 Å². The van der Waals surface area contributed by atoms with Crippen LogP contribution in [-0.4, -0.2) is 70.5 Å². The second kappa shape index (κ2) is 4.53. The molecule has 3 aliphatic heterocycles. The zero-order chi connectivity index (χ0) is 15.5. The van der Waals surface area contributed by atoms with Crippen LogP contribution in [0, 0.1) is 5.92 Å². The van der Waals surface area contributed by atoms with Crippen molar-refractivity contribution in [1.29, 1.82) is 0 Å². The van der Waals surface area contributed by atoms with E-state index in [-0.39, 0.29) is 23.8 Å². The van der Waals surface area contributed by atoms with Crippen molar-refractivity contribution in [2.24, 2.45) is 5.92 Å². The molecule has 2 fully saturated rings. The molecule has 21 heavy (non-hydrogen) atoms. The lowest BCUT2D eigenvalue weighted by Gasteiger charge is -2.44. The predicted octanol–water partition coefficient (Wildman–Crippen LogP) is -0.283. The van der Waals surface area contributed by atoms with Gasteiger partial charge in [-0.2, -0.15) is 9.48 Å². The molecule has 7 heteroatoms. The summed E-state index contributed by atoms with van der Waals surface area (Å²) in [6, 6.07) is -0.238. The first kappa shape index (κ1) is 14.5. The van der Waals surface area contributed by atoms with Gasteiger partial charge in [-0.25, -0.2) is 4.79 Å². The van der Waals surface area contributed by atoms with Crippen LogP contribution >= 0.6 is 0 Å². The van der Waals surface area contributed by atoms with Crippen molar-refractivity contribution in [3.63, 3.8) is 0 Å². The number of aliphatic hydroxyl groups excluding tert-OH is 1. The van der Waals surface area contributed by atoms with E-state index in [9.17, 15) is 19.8 Å². The molecule has 0 spiro atoms. The summed E-state index contributed by atoms with van der Waals surface area (Å²) in [7, 11) is 3.85. The third-order valence-corrected chi connectivity index (χ3v) is 4.70. The van der Waals surface area contributed by atoms with E-state index in [0.29, 0.717) is 16.6 Å². The molecule has 4 atom stereocenters. The largest absolute Gasteiger partial charge is 0.477 e. The van der Waals surface area contributed by atoms with E-state index in [1.807, 2.05) is 14.1 Å². The fraction of sp³-hybridized carbons (Fsp3) is 0.714. The first-order chi connectivity index (χ1) is 9.73. The van der Waals surface area contributed by atoms with E-state index >= 15 is 0 Å². The van der Waals surface area contributed by atoms with Crippen LogP contribution in [0.1, 0.15) is 19.8 Å². The minimum atomic E-state index is -1.09. The standard InChI is InChI=1S/C14H20N2O5/c1-7(17)11-9-6-8(10-4-5-16(2,3)21-10)12(14(19)20)15(9)13(11)18/h7,9-11,17H,4-6H2,1-3H3/p+1/t7-,9-,10+,11-/m1/s1. The zero-order valence-corrected chi connectivity index (χ0v) is 12.4. The number of β-lactam (4-membered cyclic amide) rings is 1. The van der Waals surface area contributed by atoms with Gasteiger partial charge in [-0.05, 0) is 18.9 Å². The minimum Gasteiger partial charge on any atom is -0.477 e. The number of hydroxylamine groups is 3. The van der Waals surface area contributed by atoms with Crippen LogP contribution in [0.25, 0.3) is 0 Å². The fourth-order valence-corrected chi connectivity index (χ4v) is 3.71. The second-order valence-corrected chi connectivity index (χ2v) is 6.61. The summed E-state index contributed by atoms with van der Waals surface area (Å²) in [5, 5.41) is 19.2. The number of aliphatic hydroxyl groups is 1. The Morgan fingerprint density at radius 2 is 2.14 bits per heavy atom. The summed E-state index contributed by atoms with van der Waals surface area (Å²) in [6.45, 7) is 2.38. The number of carboxylic acid groups (broad SMARTS) is 1. The normalized spacial score (nSPS) is 35.7. The number of nitrogens with zero attached hydrogens (tertiary/aromatic N) is 2. The number of hydrogen-bond donors (Lipinski definition) is 2. The molecule has 116 valence electrons. The molecule has 0 aliphatic carbocycles. The molecule has 0 aromatic carbocycles. The summed E-state index contributed by atoms with van der Waals surface area (Å²) < 4.78 is 0.388. The predicted molar refractivity (Wildman–Crippen MR) is 71.5 cm³/mol. The highest BCUT2D eigenvalue weighted by Crippen LogP contribution is 2.46. The van der Waals surface area contributed by atoms with Gasteiger partial charge in [0.15, 0.2) is 0 Å². The highest BCUT2D eigenvalue weighted by molar-refractivity contribution is 5.99. The third kappa shape index (κ3) is 2.07. The first-order valence-electron chi connectivity index (χ1n) is 7.22. The van der Waals surface area contributed by atoms with Crippen LogP contribution in [-0.2, 0) is 14.4 Å². The number of carbonyl (C=O) groups is 2. The Labute approximate surface area is 122 Å². The molecule has 0 saturated carbocycles. The van der Waals surface area contributed by atoms with Crippen LogP contribution in [0.2, 0.25) is 0 Å². The van der Waals surface area contributed by atoms with E-state index in [2.05, 4.69) is 0 Å². The summed E-state index contributed by atoms with van der Waals surface area (Å²) in [5.41, 5.74) is 0.751. The lowest BCUT2D eigenvalue weighted by Crippen LogP contribution is -2.61. The van der Waals surface area contributed by atoms with Gasteiger partial charge in [0, 0.05) is 6.42 Å². The molecule has 0 aromatic heterocycles. The summed E-state index contributed by atoms with van der Waals surface area (Å²) in [5.74, 6) is -1.89. The van der Waals surface area contributed by atoms with E-state index in [1.54, 1.807) is 6.92 Å². The molecular weight excluding hydrogens is 276 g/mol. The molecule has 3 aliphatic rings. The molecule has 1 amide bonds. The van der Waals surface area contributed by atoms with Crippen molar-refractivity contribution in [3.05, 3.63) is 11.3 Å². The van der Waals surface area contributed by atoms with Crippen molar-refractivity contribution in [1.82, 2.24) is 4.90 Å². The van der Waals surface area contributed by atoms with Crippen molar-refractivity contribution < 1.29 is 29.3 Å². The number of hydrogen-bond acceptors (Lipinski definition) is 4. The van der Waals surface area contributed by atoms with Gasteiger partial charge in [0.05, 0.1) is 32.2 Å². The van der Waals surface area contributed by atoms with Gasteiger partial charge in [0.25, 0.3) is 0 Å². The van der Waals surface area contributed by atoms with Gasteiger partial charge in [-0.15, -0.1) is 0 Å². The molecule has 3 heterocycles. The Bertz CT molecular complexity index is 539. The average molecular weight is 297 g/mol. The number of amides is 1. The number of rotatable bonds is 3. The van der Waals surface area contributed by atoms with Gasteiger partial charge in [0.2, 0.25) is 5.91 Å². The second-order valence-electron chi connectivity index (χ2n) is 6.61. The maximum absolute atomic E-state index is 12.1. The molecule has 0 unspecified atom stereocenters. The average Bonchev–Trinajstić information content (AvgIpc) is 2.86. The monoisotopic (exact) mass is 297 g/mol. The number of fused-ring (bicyclic) bond motifs is 1. The van der Waals surface area contributed by atoms with Crippen LogP contribution in [0.5, 0.6) is 0 Å². The SMILES string of the molecule is C[C@@H](O)[C@H]1C(=O)N2C(C(=O)O)=C([C@@H]3CC[N+](C)(C)O3)C[C@H]12. The van der Waals surface area contributed by atoms with E-state index in [0.717, 1.165) is 13.0 Å². The molecule has 3 rings (SSSR count). The lowest BCUT2D eigenvalue weighted by atomic mass is 9.82. The highest BCUT2D eigenvalue weighted by atomic mass is 16.7. The van der Waals surface area contributed by atoms with Gasteiger partial charge in [-0.3, -0.25) is 4.79 Å². The maximum atomic E-state index is 12.1. The zero-order valence-electron chi connectivity index (χ0n) is 12.4. The quantitative estimate of drug-likeness (QED) is 0.552. The Hall–Kier alpha value is -1.44. The molecular formula is C14H21N2O5+. The molecule has 2 saturated heterocycles. The number of carbonyl (C=O) groups excluding carboxylic acids is 1. The van der Waals surface area contributed by atoms with Crippen LogP contribution < -0.4 is 0 Å². The van der Waals surface area contributed by atoms with Gasteiger partial charge in [-0.1, -0.05) is 0 Å². The molecule has 0 aromatic rings. The topological polar surface area (TPSA) is 87.1 Å². The minimum absolute atomic E-state index is 0.0637. The van der Waals surface area contributed by atoms with E-state index < -0.39 is 18.0 Å². The van der Waals surface area contributed by atoms with Crippen molar-refractivity contribution in [2.45, 2.75) is 38.0 Å².